The van der Waals surface area contributed by atoms with Crippen LogP contribution in [0.15, 0.2) is 5.38 Å². The second-order valence-corrected chi connectivity index (χ2v) is 6.76. The van der Waals surface area contributed by atoms with Gasteiger partial charge in [0.25, 0.3) is 0 Å². The first-order valence-electron chi connectivity index (χ1n) is 6.51. The number of ether oxygens (including phenoxy) is 1. The summed E-state index contributed by atoms with van der Waals surface area (Å²) in [6.07, 6.45) is 5.27. The van der Waals surface area contributed by atoms with Crippen molar-refractivity contribution in [3.8, 4) is 0 Å². The fraction of sp³-hybridized carbons (Fsp3) is 0.714. The molecule has 3 nitrogen and oxygen atoms in total. The van der Waals surface area contributed by atoms with Gasteiger partial charge in [0.05, 0.1) is 24.2 Å². The van der Waals surface area contributed by atoms with Gasteiger partial charge in [-0.3, -0.25) is 4.79 Å². The third-order valence-corrected chi connectivity index (χ3v) is 4.87. The fourth-order valence-corrected chi connectivity index (χ4v) is 3.45. The molecule has 1 heterocycles. The smallest absolute Gasteiger partial charge is 0.311 e. The number of carbonyl (C=O) groups is 1. The van der Waals surface area contributed by atoms with Gasteiger partial charge in [0.1, 0.15) is 0 Å². The van der Waals surface area contributed by atoms with E-state index in [-0.39, 0.29) is 5.97 Å². The minimum atomic E-state index is -0.211. The molecule has 0 unspecified atom stereocenters. The highest BCUT2D eigenvalue weighted by Gasteiger charge is 2.29. The van der Waals surface area contributed by atoms with Crippen molar-refractivity contribution < 1.29 is 9.53 Å². The Morgan fingerprint density at radius 2 is 2.17 bits per heavy atom. The highest BCUT2D eigenvalue weighted by molar-refractivity contribution is 7.09. The summed E-state index contributed by atoms with van der Waals surface area (Å²) in [5.41, 5.74) is 1.34. The van der Waals surface area contributed by atoms with Crippen molar-refractivity contribution in [3.63, 3.8) is 0 Å². The number of carbonyl (C=O) groups excluding carboxylic acids is 1. The van der Waals surface area contributed by atoms with Crippen molar-refractivity contribution in [2.45, 2.75) is 51.9 Å². The molecule has 1 aromatic rings. The van der Waals surface area contributed by atoms with Gasteiger partial charge in [-0.05, 0) is 31.1 Å². The molecule has 18 heavy (non-hydrogen) atoms. The highest BCUT2D eigenvalue weighted by atomic mass is 32.1. The van der Waals surface area contributed by atoms with Crippen LogP contribution in [0.5, 0.6) is 0 Å². The van der Waals surface area contributed by atoms with Crippen LogP contribution >= 0.6 is 11.3 Å². The van der Waals surface area contributed by atoms with Crippen molar-refractivity contribution in [2.75, 3.05) is 7.11 Å². The number of hydrogen-bond acceptors (Lipinski definition) is 4. The predicted molar refractivity (Wildman–Crippen MR) is 72.8 cm³/mol. The second kappa shape index (κ2) is 5.39. The summed E-state index contributed by atoms with van der Waals surface area (Å²) in [4.78, 5) is 15.8. The molecule has 2 rings (SSSR count). The molecule has 1 fully saturated rings. The van der Waals surface area contributed by atoms with E-state index in [1.54, 1.807) is 11.3 Å². The Morgan fingerprint density at radius 1 is 1.50 bits per heavy atom. The second-order valence-electron chi connectivity index (χ2n) is 5.87. The zero-order valence-corrected chi connectivity index (χ0v) is 12.2. The van der Waals surface area contributed by atoms with Crippen LogP contribution in [0.2, 0.25) is 0 Å². The Labute approximate surface area is 113 Å². The van der Waals surface area contributed by atoms with E-state index in [9.17, 15) is 4.79 Å². The Morgan fingerprint density at radius 3 is 2.78 bits per heavy atom. The van der Waals surface area contributed by atoms with Gasteiger partial charge >= 0.3 is 5.97 Å². The Bertz CT molecular complexity index is 415. The zero-order chi connectivity index (χ0) is 13.2. The topological polar surface area (TPSA) is 39.2 Å². The highest BCUT2D eigenvalue weighted by Crippen LogP contribution is 2.42. The Balaban J connectivity index is 1.96. The summed E-state index contributed by atoms with van der Waals surface area (Å²) in [6.45, 7) is 4.68. The van der Waals surface area contributed by atoms with Crippen LogP contribution in [-0.2, 0) is 16.0 Å². The van der Waals surface area contributed by atoms with Crippen LogP contribution in [-0.4, -0.2) is 18.1 Å². The lowest BCUT2D eigenvalue weighted by Crippen LogP contribution is -2.20. The third-order valence-electron chi connectivity index (χ3n) is 3.81. The summed E-state index contributed by atoms with van der Waals surface area (Å²) in [6, 6.07) is 0. The predicted octanol–water partition coefficient (Wildman–Crippen LogP) is 3.54. The third kappa shape index (κ3) is 3.31. The van der Waals surface area contributed by atoms with Crippen LogP contribution in [0.3, 0.4) is 0 Å². The van der Waals surface area contributed by atoms with E-state index in [0.29, 0.717) is 17.8 Å². The van der Waals surface area contributed by atoms with E-state index in [2.05, 4.69) is 23.6 Å². The van der Waals surface area contributed by atoms with E-state index < -0.39 is 0 Å². The van der Waals surface area contributed by atoms with Crippen LogP contribution in [0.4, 0.5) is 0 Å². The SMILES string of the molecule is COC(=O)Cc1csc(C2CCC(C)(C)CC2)n1. The number of methoxy groups -OCH3 is 1. The molecular formula is C14H21NO2S. The minimum Gasteiger partial charge on any atom is -0.469 e. The van der Waals surface area contributed by atoms with E-state index >= 15 is 0 Å². The van der Waals surface area contributed by atoms with Gasteiger partial charge < -0.3 is 4.74 Å². The number of aromatic nitrogens is 1. The molecule has 1 saturated carbocycles. The Kier molecular flexibility index (Phi) is 4.05. The van der Waals surface area contributed by atoms with Gasteiger partial charge in [-0.15, -0.1) is 11.3 Å². The summed E-state index contributed by atoms with van der Waals surface area (Å²) in [7, 11) is 1.42. The van der Waals surface area contributed by atoms with E-state index in [1.807, 2.05) is 5.38 Å². The average molecular weight is 267 g/mol. The lowest BCUT2D eigenvalue weighted by Gasteiger charge is -2.33. The first-order valence-corrected chi connectivity index (χ1v) is 7.39. The van der Waals surface area contributed by atoms with Gasteiger partial charge in [0.2, 0.25) is 0 Å². The molecule has 1 aliphatic rings. The summed E-state index contributed by atoms with van der Waals surface area (Å²) < 4.78 is 4.66. The zero-order valence-electron chi connectivity index (χ0n) is 11.4. The monoisotopic (exact) mass is 267 g/mol. The van der Waals surface area contributed by atoms with Crippen LogP contribution in [0.25, 0.3) is 0 Å². The summed E-state index contributed by atoms with van der Waals surface area (Å²) >= 11 is 1.69. The molecule has 1 aliphatic carbocycles. The first-order chi connectivity index (χ1) is 8.50. The number of esters is 1. The maximum Gasteiger partial charge on any atom is 0.311 e. The first kappa shape index (κ1) is 13.5. The van der Waals surface area contributed by atoms with Crippen molar-refractivity contribution in [1.82, 2.24) is 4.98 Å². The van der Waals surface area contributed by atoms with E-state index in [1.165, 1.54) is 37.8 Å². The fourth-order valence-electron chi connectivity index (χ4n) is 2.46. The maximum absolute atomic E-state index is 11.2. The van der Waals surface area contributed by atoms with Crippen LogP contribution < -0.4 is 0 Å². The van der Waals surface area contributed by atoms with Gasteiger partial charge in [0.15, 0.2) is 0 Å². The molecule has 0 radical (unpaired) electrons. The number of rotatable bonds is 3. The van der Waals surface area contributed by atoms with E-state index in [4.69, 9.17) is 0 Å². The Hall–Kier alpha value is -0.900. The molecule has 0 aromatic carbocycles. The van der Waals surface area contributed by atoms with Gasteiger partial charge in [-0.1, -0.05) is 13.8 Å². The number of thiazole rings is 1. The number of hydrogen-bond donors (Lipinski definition) is 0. The van der Waals surface area contributed by atoms with Crippen LogP contribution in [0.1, 0.15) is 56.2 Å². The lowest BCUT2D eigenvalue weighted by atomic mass is 9.73. The molecular weight excluding hydrogens is 246 g/mol. The number of nitrogens with zero attached hydrogens (tertiary/aromatic N) is 1. The largest absolute Gasteiger partial charge is 0.469 e. The molecule has 0 spiro atoms. The average Bonchev–Trinajstić information content (AvgIpc) is 2.77. The molecule has 0 saturated heterocycles. The van der Waals surface area contributed by atoms with Gasteiger partial charge in [-0.2, -0.15) is 0 Å². The summed E-state index contributed by atoms with van der Waals surface area (Å²) in [5.74, 6) is 0.381. The molecule has 0 amide bonds. The van der Waals surface area contributed by atoms with E-state index in [0.717, 1.165) is 5.69 Å². The van der Waals surface area contributed by atoms with Crippen LogP contribution in [0, 0.1) is 5.41 Å². The maximum atomic E-state index is 11.2. The van der Waals surface area contributed by atoms with Gasteiger partial charge in [-0.25, -0.2) is 4.98 Å². The lowest BCUT2D eigenvalue weighted by molar-refractivity contribution is -0.139. The molecule has 0 atom stereocenters. The quantitative estimate of drug-likeness (QED) is 0.786. The van der Waals surface area contributed by atoms with Crippen molar-refractivity contribution in [1.29, 1.82) is 0 Å². The minimum absolute atomic E-state index is 0.211. The standard InChI is InChI=1S/C14H21NO2S/c1-14(2)6-4-10(5-7-14)13-15-11(9-18-13)8-12(16)17-3/h9-10H,4-8H2,1-3H3. The molecule has 0 N–H and O–H groups in total. The molecule has 1 aromatic heterocycles. The van der Waals surface area contributed by atoms with Crippen molar-refractivity contribution >= 4 is 17.3 Å². The molecule has 0 aliphatic heterocycles. The summed E-state index contributed by atoms with van der Waals surface area (Å²) in [5, 5.41) is 3.19. The molecule has 100 valence electrons. The van der Waals surface area contributed by atoms with Gasteiger partial charge in [0, 0.05) is 11.3 Å². The van der Waals surface area contributed by atoms with Crippen molar-refractivity contribution in [3.05, 3.63) is 16.1 Å². The molecule has 4 heteroatoms. The molecule has 0 bridgehead atoms. The normalized spacial score (nSPS) is 19.7. The van der Waals surface area contributed by atoms with Crippen molar-refractivity contribution in [2.24, 2.45) is 5.41 Å².